The first-order valence-corrected chi connectivity index (χ1v) is 7.78. The number of rotatable bonds is 6. The lowest BCUT2D eigenvalue weighted by Gasteiger charge is -2.09. The molecule has 0 saturated carbocycles. The van der Waals surface area contributed by atoms with Crippen LogP contribution in [0.4, 0.5) is 13.2 Å². The molecule has 0 N–H and O–H groups in total. The van der Waals surface area contributed by atoms with Crippen LogP contribution in [-0.2, 0) is 11.3 Å². The summed E-state index contributed by atoms with van der Waals surface area (Å²) in [6.45, 7) is 0.0293. The number of hydrogen-bond donors (Lipinski definition) is 0. The zero-order valence-electron chi connectivity index (χ0n) is 14.4. The average Bonchev–Trinajstić information content (AvgIpc) is 3.14. The number of carbonyl (C=O) groups excluding carboxylic acids is 1. The highest BCUT2D eigenvalue weighted by molar-refractivity contribution is 5.87. The molecule has 0 saturated heterocycles. The molecule has 28 heavy (non-hydrogen) atoms. The van der Waals surface area contributed by atoms with Crippen molar-refractivity contribution in [2.45, 2.75) is 13.0 Å². The summed E-state index contributed by atoms with van der Waals surface area (Å²) in [6, 6.07) is 8.18. The van der Waals surface area contributed by atoms with E-state index < -0.39 is 12.3 Å². The first-order valence-electron chi connectivity index (χ1n) is 7.78. The maximum Gasteiger partial charge on any atom is 0.573 e. The van der Waals surface area contributed by atoms with E-state index >= 15 is 0 Å². The number of halogens is 3. The lowest BCUT2D eigenvalue weighted by molar-refractivity contribution is -0.274. The lowest BCUT2D eigenvalue weighted by Crippen LogP contribution is -2.17. The number of esters is 1. The first-order chi connectivity index (χ1) is 13.3. The van der Waals surface area contributed by atoms with Gasteiger partial charge < -0.3 is 14.2 Å². The fraction of sp³-hybridized carbons (Fsp3) is 0.176. The summed E-state index contributed by atoms with van der Waals surface area (Å²) in [6.07, 6.45) is -1.98. The van der Waals surface area contributed by atoms with E-state index in [2.05, 4.69) is 24.5 Å². The van der Waals surface area contributed by atoms with Gasteiger partial charge in [0.1, 0.15) is 30.1 Å². The van der Waals surface area contributed by atoms with E-state index in [4.69, 9.17) is 4.74 Å². The number of alkyl halides is 3. The molecule has 3 aromatic rings. The van der Waals surface area contributed by atoms with Crippen LogP contribution in [0.5, 0.6) is 11.5 Å². The number of benzene rings is 1. The zero-order valence-corrected chi connectivity index (χ0v) is 14.4. The van der Waals surface area contributed by atoms with Gasteiger partial charge in [-0.2, -0.15) is 0 Å². The molecule has 0 spiro atoms. The summed E-state index contributed by atoms with van der Waals surface area (Å²) in [7, 11) is 1.26. The van der Waals surface area contributed by atoms with E-state index in [0.29, 0.717) is 17.3 Å². The summed E-state index contributed by atoms with van der Waals surface area (Å²) < 4.78 is 51.8. The van der Waals surface area contributed by atoms with Crippen LogP contribution in [-0.4, -0.2) is 39.2 Å². The summed E-state index contributed by atoms with van der Waals surface area (Å²) in [5.74, 6) is -0.147. The monoisotopic (exact) mass is 394 g/mol. The maximum absolute atomic E-state index is 12.2. The van der Waals surface area contributed by atoms with E-state index in [1.165, 1.54) is 54.6 Å². The van der Waals surface area contributed by atoms with Crippen molar-refractivity contribution < 1.29 is 32.2 Å². The normalized spacial score (nSPS) is 11.1. The van der Waals surface area contributed by atoms with Gasteiger partial charge in [0.05, 0.1) is 19.0 Å². The predicted octanol–water partition coefficient (Wildman–Crippen LogP) is 2.93. The second-order valence-corrected chi connectivity index (χ2v) is 5.31. The third-order valence-electron chi connectivity index (χ3n) is 3.37. The van der Waals surface area contributed by atoms with Crippen molar-refractivity contribution in [1.29, 1.82) is 0 Å². The van der Waals surface area contributed by atoms with Gasteiger partial charge in [0, 0.05) is 0 Å². The fourth-order valence-corrected chi connectivity index (χ4v) is 2.13. The highest BCUT2D eigenvalue weighted by Crippen LogP contribution is 2.23. The quantitative estimate of drug-likeness (QED) is 0.594. The molecule has 0 aliphatic heterocycles. The number of carbonyl (C=O) groups is 1. The Bertz CT molecular complexity index is 940. The standard InChI is InChI=1S/C17H13F3N4O4/c1-26-16(25)14-7-6-13(8-21-14)27-9-15-22-10-24(23-15)11-2-4-12(5-3-11)28-17(18,19)20/h2-8,10H,9H2,1H3. The van der Waals surface area contributed by atoms with Crippen molar-refractivity contribution in [3.05, 3.63) is 60.4 Å². The number of aromatic nitrogens is 4. The largest absolute Gasteiger partial charge is 0.573 e. The van der Waals surface area contributed by atoms with Crippen LogP contribution < -0.4 is 9.47 Å². The Morgan fingerprint density at radius 3 is 2.39 bits per heavy atom. The predicted molar refractivity (Wildman–Crippen MR) is 88.0 cm³/mol. The number of pyridine rings is 1. The molecule has 0 unspecified atom stereocenters. The molecule has 2 aromatic heterocycles. The molecule has 0 aliphatic carbocycles. The van der Waals surface area contributed by atoms with Gasteiger partial charge in [-0.15, -0.1) is 18.3 Å². The van der Waals surface area contributed by atoms with Gasteiger partial charge in [-0.1, -0.05) is 0 Å². The highest BCUT2D eigenvalue weighted by atomic mass is 19.4. The number of nitrogens with zero attached hydrogens (tertiary/aromatic N) is 4. The van der Waals surface area contributed by atoms with Crippen molar-refractivity contribution >= 4 is 5.97 Å². The SMILES string of the molecule is COC(=O)c1ccc(OCc2ncn(-c3ccc(OC(F)(F)F)cc3)n2)cn1. The van der Waals surface area contributed by atoms with E-state index in [1.54, 1.807) is 6.07 Å². The van der Waals surface area contributed by atoms with Gasteiger partial charge >= 0.3 is 12.3 Å². The molecule has 146 valence electrons. The van der Waals surface area contributed by atoms with Gasteiger partial charge in [-0.05, 0) is 36.4 Å². The molecule has 0 radical (unpaired) electrons. The Hall–Kier alpha value is -3.63. The van der Waals surface area contributed by atoms with Crippen LogP contribution in [0.15, 0.2) is 48.9 Å². The van der Waals surface area contributed by atoms with Crippen molar-refractivity contribution in [3.63, 3.8) is 0 Å². The van der Waals surface area contributed by atoms with Gasteiger partial charge in [-0.25, -0.2) is 19.4 Å². The minimum atomic E-state index is -4.75. The molecule has 0 aliphatic rings. The van der Waals surface area contributed by atoms with Crippen molar-refractivity contribution in [2.75, 3.05) is 7.11 Å². The molecule has 2 heterocycles. The van der Waals surface area contributed by atoms with E-state index in [0.717, 1.165) is 0 Å². The molecule has 0 fully saturated rings. The fourth-order valence-electron chi connectivity index (χ4n) is 2.13. The molecular formula is C17H13F3N4O4. The van der Waals surface area contributed by atoms with E-state index in [-0.39, 0.29) is 18.1 Å². The van der Waals surface area contributed by atoms with Crippen molar-refractivity contribution in [2.24, 2.45) is 0 Å². The summed E-state index contributed by atoms with van der Waals surface area (Å²) in [5.41, 5.74) is 0.646. The van der Waals surface area contributed by atoms with Crippen LogP contribution in [0.2, 0.25) is 0 Å². The van der Waals surface area contributed by atoms with Gasteiger partial charge in [-0.3, -0.25) is 0 Å². The Morgan fingerprint density at radius 1 is 1.07 bits per heavy atom. The van der Waals surface area contributed by atoms with Crippen molar-refractivity contribution in [3.8, 4) is 17.2 Å². The second-order valence-electron chi connectivity index (χ2n) is 5.31. The smallest absolute Gasteiger partial charge is 0.484 e. The third kappa shape index (κ3) is 4.96. The minimum absolute atomic E-state index is 0.0293. The molecule has 3 rings (SSSR count). The van der Waals surface area contributed by atoms with Crippen LogP contribution in [0, 0.1) is 0 Å². The van der Waals surface area contributed by atoms with Crippen molar-refractivity contribution in [1.82, 2.24) is 19.7 Å². The number of ether oxygens (including phenoxy) is 3. The van der Waals surface area contributed by atoms with E-state index in [9.17, 15) is 18.0 Å². The molecule has 11 heteroatoms. The molecule has 8 nitrogen and oxygen atoms in total. The Labute approximate surface area is 156 Å². The lowest BCUT2D eigenvalue weighted by atomic mass is 10.3. The Balaban J connectivity index is 1.60. The van der Waals surface area contributed by atoms with Crippen LogP contribution in [0.3, 0.4) is 0 Å². The van der Waals surface area contributed by atoms with Gasteiger partial charge in [0.25, 0.3) is 0 Å². The first kappa shape index (κ1) is 19.1. The van der Waals surface area contributed by atoms with Crippen LogP contribution in [0.1, 0.15) is 16.3 Å². The Kier molecular flexibility index (Phi) is 5.43. The van der Waals surface area contributed by atoms with Gasteiger partial charge in [0.2, 0.25) is 0 Å². The minimum Gasteiger partial charge on any atom is -0.484 e. The summed E-state index contributed by atoms with van der Waals surface area (Å²) in [5, 5.41) is 4.18. The maximum atomic E-state index is 12.2. The van der Waals surface area contributed by atoms with Crippen LogP contribution >= 0.6 is 0 Å². The molecule has 0 bridgehead atoms. The molecule has 1 aromatic carbocycles. The van der Waals surface area contributed by atoms with Gasteiger partial charge in [0.15, 0.2) is 5.82 Å². The topological polar surface area (TPSA) is 88.4 Å². The Morgan fingerprint density at radius 2 is 1.79 bits per heavy atom. The average molecular weight is 394 g/mol. The van der Waals surface area contributed by atoms with Crippen LogP contribution in [0.25, 0.3) is 5.69 Å². The third-order valence-corrected chi connectivity index (χ3v) is 3.37. The van der Waals surface area contributed by atoms with E-state index in [1.807, 2.05) is 0 Å². The number of methoxy groups -OCH3 is 1. The second kappa shape index (κ2) is 7.94. The zero-order chi connectivity index (χ0) is 20.1. The number of hydrogen-bond acceptors (Lipinski definition) is 7. The highest BCUT2D eigenvalue weighted by Gasteiger charge is 2.30. The summed E-state index contributed by atoms with van der Waals surface area (Å²) >= 11 is 0. The molecule has 0 amide bonds. The molecule has 0 atom stereocenters. The molecular weight excluding hydrogens is 381 g/mol. The summed E-state index contributed by atoms with van der Waals surface area (Å²) in [4.78, 5) is 19.3.